The molecule has 2 aliphatic rings. The quantitative estimate of drug-likeness (QED) is 0.329. The van der Waals surface area contributed by atoms with Crippen LogP contribution in [0, 0.1) is 29.3 Å². The maximum Gasteiger partial charge on any atom is 0.333 e. The Kier molecular flexibility index (Phi) is 8.30. The molecule has 2 fully saturated rings. The predicted molar refractivity (Wildman–Crippen MR) is 124 cm³/mol. The number of piperidine rings is 1. The molecular weight excluding hydrogens is 461 g/mol. The second-order valence-corrected chi connectivity index (χ2v) is 9.19. The molecule has 0 bridgehead atoms. The number of hydrogen-bond acceptors (Lipinski definition) is 5. The molecule has 0 spiro atoms. The number of ether oxygens (including phenoxy) is 2. The summed E-state index contributed by atoms with van der Waals surface area (Å²) in [6.45, 7) is 5.43. The molecule has 4 rings (SSSR count). The number of halogens is 3. The maximum atomic E-state index is 13.9. The zero-order valence-electron chi connectivity index (χ0n) is 19.7. The second-order valence-electron chi connectivity index (χ2n) is 9.19. The smallest absolute Gasteiger partial charge is 0.333 e. The summed E-state index contributed by atoms with van der Waals surface area (Å²) in [7, 11) is 0. The van der Waals surface area contributed by atoms with E-state index in [0.717, 1.165) is 43.4 Å². The Bertz CT molecular complexity index is 1010. The third-order valence-corrected chi connectivity index (χ3v) is 6.71. The van der Waals surface area contributed by atoms with Crippen LogP contribution < -0.4 is 10.1 Å². The molecule has 1 aliphatic carbocycles. The lowest BCUT2D eigenvalue weighted by molar-refractivity contribution is -0.149. The zero-order chi connectivity index (χ0) is 24.9. The first kappa shape index (κ1) is 25.5. The van der Waals surface area contributed by atoms with Gasteiger partial charge in [0.15, 0.2) is 17.7 Å². The summed E-state index contributed by atoms with van der Waals surface area (Å²) in [5.74, 6) is -2.11. The highest BCUT2D eigenvalue weighted by atomic mass is 19.2. The summed E-state index contributed by atoms with van der Waals surface area (Å²) in [4.78, 5) is 13.3. The molecule has 190 valence electrons. The van der Waals surface area contributed by atoms with E-state index in [1.807, 2.05) is 24.3 Å². The van der Waals surface area contributed by atoms with Gasteiger partial charge in [0, 0.05) is 50.3 Å². The number of rotatable bonds is 13. The van der Waals surface area contributed by atoms with Crippen LogP contribution in [0.4, 0.5) is 13.2 Å². The van der Waals surface area contributed by atoms with E-state index in [1.165, 1.54) is 0 Å². The van der Waals surface area contributed by atoms with Crippen molar-refractivity contribution in [3.8, 4) is 5.75 Å². The Morgan fingerprint density at radius 1 is 1.11 bits per heavy atom. The van der Waals surface area contributed by atoms with Crippen molar-refractivity contribution in [3.63, 3.8) is 0 Å². The van der Waals surface area contributed by atoms with E-state index >= 15 is 0 Å². The third-order valence-electron chi connectivity index (χ3n) is 6.71. The van der Waals surface area contributed by atoms with Crippen molar-refractivity contribution in [2.45, 2.75) is 38.5 Å². The van der Waals surface area contributed by atoms with Crippen LogP contribution in [0.5, 0.6) is 5.75 Å². The molecule has 2 aromatic rings. The predicted octanol–water partition coefficient (Wildman–Crippen LogP) is 3.63. The molecule has 1 saturated carbocycles. The summed E-state index contributed by atoms with van der Waals surface area (Å²) in [6.07, 6.45) is 0.302. The minimum absolute atomic E-state index is 0.191. The molecule has 2 N–H and O–H groups in total. The SMILES string of the molecule is CCO[C@@H](Cc1ccc(OCCCNC2[C@H]3CN(Cc4cc(F)c(F)cc4F)C[C@@H]23)cc1)C(=O)O. The Balaban J connectivity index is 1.10. The second kappa shape index (κ2) is 11.4. The zero-order valence-corrected chi connectivity index (χ0v) is 19.7. The third kappa shape index (κ3) is 6.54. The molecule has 0 radical (unpaired) electrons. The molecule has 0 amide bonds. The molecular formula is C26H31F3N2O4. The fourth-order valence-corrected chi connectivity index (χ4v) is 4.86. The van der Waals surface area contributed by atoms with Crippen LogP contribution in [-0.4, -0.2) is 61.0 Å². The Morgan fingerprint density at radius 2 is 1.80 bits per heavy atom. The van der Waals surface area contributed by atoms with Crippen LogP contribution in [-0.2, 0) is 22.5 Å². The molecule has 9 heteroatoms. The van der Waals surface area contributed by atoms with E-state index in [-0.39, 0.29) is 12.1 Å². The number of carbonyl (C=O) groups is 1. The summed E-state index contributed by atoms with van der Waals surface area (Å²) >= 11 is 0. The van der Waals surface area contributed by atoms with Crippen LogP contribution in [0.3, 0.4) is 0 Å². The highest BCUT2D eigenvalue weighted by Crippen LogP contribution is 2.45. The fourth-order valence-electron chi connectivity index (χ4n) is 4.86. The van der Waals surface area contributed by atoms with Crippen molar-refractivity contribution in [1.82, 2.24) is 10.2 Å². The van der Waals surface area contributed by atoms with Gasteiger partial charge in [0.1, 0.15) is 11.6 Å². The van der Waals surface area contributed by atoms with E-state index in [2.05, 4.69) is 10.2 Å². The number of hydrogen-bond donors (Lipinski definition) is 2. The number of aliphatic carboxylic acids is 1. The molecule has 4 atom stereocenters. The molecule has 1 saturated heterocycles. The first-order valence-corrected chi connectivity index (χ1v) is 12.0. The van der Waals surface area contributed by atoms with Crippen molar-refractivity contribution in [2.24, 2.45) is 11.8 Å². The van der Waals surface area contributed by atoms with Gasteiger partial charge in [0.05, 0.1) is 6.61 Å². The molecule has 1 heterocycles. The van der Waals surface area contributed by atoms with Gasteiger partial charge in [-0.1, -0.05) is 12.1 Å². The van der Waals surface area contributed by atoms with Gasteiger partial charge in [0.2, 0.25) is 0 Å². The van der Waals surface area contributed by atoms with Gasteiger partial charge in [-0.05, 0) is 55.5 Å². The summed E-state index contributed by atoms with van der Waals surface area (Å²) in [5.41, 5.74) is 1.07. The van der Waals surface area contributed by atoms with Gasteiger partial charge < -0.3 is 19.9 Å². The number of carboxylic acids is 1. The number of likely N-dealkylation sites (tertiary alicyclic amines) is 1. The standard InChI is InChI=1S/C26H31F3N2O4/c1-2-34-24(26(32)33)10-16-4-6-18(7-5-16)35-9-3-8-30-25-19-14-31(15-20(19)25)13-17-11-22(28)23(29)12-21(17)27/h4-7,11-12,19-20,24-25,30H,2-3,8-10,13-15H2,1H3,(H,32,33)/t19-,20+,24-,25?/m0/s1. The fraction of sp³-hybridized carbons (Fsp3) is 0.500. The number of benzene rings is 2. The lowest BCUT2D eigenvalue weighted by Gasteiger charge is -2.20. The van der Waals surface area contributed by atoms with Crippen molar-refractivity contribution in [2.75, 3.05) is 32.8 Å². The largest absolute Gasteiger partial charge is 0.494 e. The first-order valence-electron chi connectivity index (χ1n) is 12.0. The van der Waals surface area contributed by atoms with E-state index in [4.69, 9.17) is 9.47 Å². The molecule has 1 unspecified atom stereocenters. The average molecular weight is 493 g/mol. The van der Waals surface area contributed by atoms with Gasteiger partial charge in [-0.25, -0.2) is 18.0 Å². The molecule has 6 nitrogen and oxygen atoms in total. The normalized spacial score (nSPS) is 22.1. The van der Waals surface area contributed by atoms with Crippen LogP contribution in [0.1, 0.15) is 24.5 Å². The lowest BCUT2D eigenvalue weighted by atomic mass is 10.1. The summed E-state index contributed by atoms with van der Waals surface area (Å²) in [5, 5.41) is 12.7. The van der Waals surface area contributed by atoms with Gasteiger partial charge >= 0.3 is 5.97 Å². The Labute approximate surface area is 203 Å². The average Bonchev–Trinajstić information content (AvgIpc) is 3.27. The van der Waals surface area contributed by atoms with Gasteiger partial charge in [-0.3, -0.25) is 4.90 Å². The monoisotopic (exact) mass is 492 g/mol. The molecule has 35 heavy (non-hydrogen) atoms. The summed E-state index contributed by atoms with van der Waals surface area (Å²) < 4.78 is 51.4. The van der Waals surface area contributed by atoms with Crippen LogP contribution in [0.15, 0.2) is 36.4 Å². The van der Waals surface area contributed by atoms with Crippen molar-refractivity contribution in [1.29, 1.82) is 0 Å². The van der Waals surface area contributed by atoms with Gasteiger partial charge in [0.25, 0.3) is 0 Å². The number of nitrogens with zero attached hydrogens (tertiary/aromatic N) is 1. The minimum atomic E-state index is -1.16. The van der Waals surface area contributed by atoms with Crippen LogP contribution in [0.25, 0.3) is 0 Å². The molecule has 1 aliphatic heterocycles. The van der Waals surface area contributed by atoms with Crippen molar-refractivity contribution >= 4 is 5.97 Å². The first-order chi connectivity index (χ1) is 16.9. The maximum absolute atomic E-state index is 13.9. The van der Waals surface area contributed by atoms with Crippen molar-refractivity contribution < 1.29 is 32.5 Å². The summed E-state index contributed by atoms with van der Waals surface area (Å²) in [6, 6.07) is 9.38. The topological polar surface area (TPSA) is 71.0 Å². The van der Waals surface area contributed by atoms with Crippen LogP contribution >= 0.6 is 0 Å². The van der Waals surface area contributed by atoms with E-state index in [1.54, 1.807) is 6.92 Å². The van der Waals surface area contributed by atoms with E-state index in [0.29, 0.717) is 43.6 Å². The Hall–Kier alpha value is -2.62. The van der Waals surface area contributed by atoms with Crippen molar-refractivity contribution in [3.05, 3.63) is 65.0 Å². The van der Waals surface area contributed by atoms with E-state index < -0.39 is 29.5 Å². The number of fused-ring (bicyclic) bond motifs is 1. The highest BCUT2D eigenvalue weighted by molar-refractivity contribution is 5.72. The lowest BCUT2D eigenvalue weighted by Crippen LogP contribution is -2.32. The van der Waals surface area contributed by atoms with Crippen LogP contribution in [0.2, 0.25) is 0 Å². The molecule has 0 aromatic heterocycles. The minimum Gasteiger partial charge on any atom is -0.494 e. The molecule has 2 aromatic carbocycles. The number of nitrogens with one attached hydrogen (secondary N) is 1. The van der Waals surface area contributed by atoms with Gasteiger partial charge in [-0.2, -0.15) is 0 Å². The van der Waals surface area contributed by atoms with E-state index in [9.17, 15) is 23.1 Å². The number of carboxylic acid groups (broad SMARTS) is 1. The highest BCUT2D eigenvalue weighted by Gasteiger charge is 2.55. The van der Waals surface area contributed by atoms with Gasteiger partial charge in [-0.15, -0.1) is 0 Å². The Morgan fingerprint density at radius 3 is 2.46 bits per heavy atom.